The number of amides is 1. The molecule has 2 aliphatic rings. The van der Waals surface area contributed by atoms with E-state index >= 15 is 0 Å². The van der Waals surface area contributed by atoms with Crippen LogP contribution in [0.2, 0.25) is 0 Å². The summed E-state index contributed by atoms with van der Waals surface area (Å²) in [5.41, 5.74) is 1.20. The summed E-state index contributed by atoms with van der Waals surface area (Å²) in [6, 6.07) is 20.1. The van der Waals surface area contributed by atoms with E-state index in [9.17, 15) is 19.3 Å². The van der Waals surface area contributed by atoms with Crippen LogP contribution in [0.3, 0.4) is 0 Å². The maximum absolute atomic E-state index is 13.6. The number of rotatable bonds is 3. The Morgan fingerprint density at radius 1 is 0.900 bits per heavy atom. The van der Waals surface area contributed by atoms with Crippen molar-refractivity contribution in [2.75, 3.05) is 5.32 Å². The second-order valence-corrected chi connectivity index (χ2v) is 7.65. The number of benzene rings is 3. The first kappa shape index (κ1) is 18.4. The topological polar surface area (TPSA) is 84.3 Å². The summed E-state index contributed by atoms with van der Waals surface area (Å²) in [5.74, 6) is -1.61. The molecule has 1 fully saturated rings. The molecule has 6 nitrogen and oxygen atoms in total. The minimum atomic E-state index is -1.34. The molecular weight excluding hydrogens is 385 g/mol. The van der Waals surface area contributed by atoms with Crippen molar-refractivity contribution in [2.45, 2.75) is 23.5 Å². The van der Waals surface area contributed by atoms with E-state index in [0.717, 1.165) is 5.56 Å². The van der Waals surface area contributed by atoms with Crippen molar-refractivity contribution in [1.29, 1.82) is 0 Å². The number of hydrogen-bond acceptors (Lipinski definition) is 4. The Morgan fingerprint density at radius 3 is 2.27 bits per heavy atom. The summed E-state index contributed by atoms with van der Waals surface area (Å²) in [6.45, 7) is 0. The van der Waals surface area contributed by atoms with Gasteiger partial charge in [-0.2, -0.15) is 0 Å². The molecule has 0 saturated carbocycles. The molecular formula is C23H18FN3O3. The predicted octanol–water partition coefficient (Wildman–Crippen LogP) is 3.75. The molecule has 1 amide bonds. The van der Waals surface area contributed by atoms with Crippen molar-refractivity contribution in [1.82, 2.24) is 5.32 Å². The van der Waals surface area contributed by atoms with E-state index in [1.807, 2.05) is 30.3 Å². The molecule has 2 aliphatic heterocycles. The average Bonchev–Trinajstić information content (AvgIpc) is 3.26. The number of nitrogens with one attached hydrogen (secondary N) is 2. The number of nitro groups is 1. The molecule has 1 saturated heterocycles. The van der Waals surface area contributed by atoms with Crippen LogP contribution >= 0.6 is 0 Å². The Kier molecular flexibility index (Phi) is 4.15. The molecule has 7 heteroatoms. The highest BCUT2D eigenvalue weighted by Crippen LogP contribution is 2.55. The largest absolute Gasteiger partial charge is 0.324 e. The Labute approximate surface area is 171 Å². The minimum absolute atomic E-state index is 0.332. The SMILES string of the molecule is O=C1Nc2ccccc2[C@]12N[C@@H](c1ccccc1)[C@@H]([N+](=O)[O-])[C@@H]2c1ccc(F)cc1. The Morgan fingerprint density at radius 2 is 1.57 bits per heavy atom. The van der Waals surface area contributed by atoms with Gasteiger partial charge < -0.3 is 5.32 Å². The van der Waals surface area contributed by atoms with Gasteiger partial charge in [0.05, 0.1) is 5.92 Å². The summed E-state index contributed by atoms with van der Waals surface area (Å²) in [7, 11) is 0. The number of para-hydroxylation sites is 1. The quantitative estimate of drug-likeness (QED) is 0.515. The fraction of sp³-hybridized carbons (Fsp3) is 0.174. The van der Waals surface area contributed by atoms with Crippen LogP contribution in [0, 0.1) is 15.9 Å². The third-order valence-corrected chi connectivity index (χ3v) is 6.12. The molecule has 2 heterocycles. The normalized spacial score (nSPS) is 27.1. The number of carbonyl (C=O) groups excluding carboxylic acids is 1. The third kappa shape index (κ3) is 2.55. The number of fused-ring (bicyclic) bond motifs is 2. The van der Waals surface area contributed by atoms with Gasteiger partial charge >= 0.3 is 0 Å². The van der Waals surface area contributed by atoms with Crippen LogP contribution in [0.15, 0.2) is 78.9 Å². The van der Waals surface area contributed by atoms with Gasteiger partial charge in [-0.1, -0.05) is 60.7 Å². The number of anilines is 1. The molecule has 0 unspecified atom stereocenters. The second-order valence-electron chi connectivity index (χ2n) is 7.65. The van der Waals surface area contributed by atoms with Crippen LogP contribution in [-0.2, 0) is 10.3 Å². The van der Waals surface area contributed by atoms with Crippen LogP contribution in [0.1, 0.15) is 28.7 Å². The lowest BCUT2D eigenvalue weighted by Gasteiger charge is -2.29. The highest BCUT2D eigenvalue weighted by molar-refractivity contribution is 6.07. The van der Waals surface area contributed by atoms with Crippen LogP contribution in [0.25, 0.3) is 0 Å². The lowest BCUT2D eigenvalue weighted by Crippen LogP contribution is -2.48. The Balaban J connectivity index is 1.77. The molecule has 0 aliphatic carbocycles. The Bertz CT molecular complexity index is 1140. The first-order valence-corrected chi connectivity index (χ1v) is 9.65. The first-order valence-electron chi connectivity index (χ1n) is 9.65. The third-order valence-electron chi connectivity index (χ3n) is 6.12. The van der Waals surface area contributed by atoms with Gasteiger partial charge in [0.1, 0.15) is 17.4 Å². The van der Waals surface area contributed by atoms with Gasteiger partial charge in [-0.25, -0.2) is 4.39 Å². The molecule has 1 spiro atoms. The van der Waals surface area contributed by atoms with E-state index in [2.05, 4.69) is 10.6 Å². The lowest BCUT2D eigenvalue weighted by molar-refractivity contribution is -0.527. The maximum Gasteiger partial charge on any atom is 0.250 e. The van der Waals surface area contributed by atoms with Gasteiger partial charge in [0.15, 0.2) is 0 Å². The van der Waals surface area contributed by atoms with Crippen LogP contribution < -0.4 is 10.6 Å². The zero-order valence-corrected chi connectivity index (χ0v) is 15.8. The van der Waals surface area contributed by atoms with Crippen molar-refractivity contribution in [2.24, 2.45) is 0 Å². The van der Waals surface area contributed by atoms with Gasteiger partial charge in [0.2, 0.25) is 11.9 Å². The van der Waals surface area contributed by atoms with E-state index in [-0.39, 0.29) is 10.8 Å². The first-order chi connectivity index (χ1) is 14.5. The van der Waals surface area contributed by atoms with Gasteiger partial charge in [-0.15, -0.1) is 0 Å². The van der Waals surface area contributed by atoms with Gasteiger partial charge in [0, 0.05) is 16.2 Å². The highest BCUT2D eigenvalue weighted by Gasteiger charge is 2.66. The number of nitrogens with zero attached hydrogens (tertiary/aromatic N) is 1. The highest BCUT2D eigenvalue weighted by atomic mass is 19.1. The number of carbonyl (C=O) groups is 1. The predicted molar refractivity (Wildman–Crippen MR) is 109 cm³/mol. The average molecular weight is 403 g/mol. The van der Waals surface area contributed by atoms with Gasteiger partial charge in [-0.3, -0.25) is 20.2 Å². The summed E-state index contributed by atoms with van der Waals surface area (Å²) in [4.78, 5) is 25.4. The monoisotopic (exact) mass is 403 g/mol. The zero-order valence-electron chi connectivity index (χ0n) is 15.8. The molecule has 3 aromatic rings. The molecule has 150 valence electrons. The number of hydrogen-bond donors (Lipinski definition) is 2. The summed E-state index contributed by atoms with van der Waals surface area (Å²) in [6.07, 6.45) is 0. The van der Waals surface area contributed by atoms with Gasteiger partial charge in [-0.05, 0) is 29.3 Å². The second kappa shape index (κ2) is 6.74. The van der Waals surface area contributed by atoms with E-state index in [0.29, 0.717) is 16.8 Å². The standard InChI is InChI=1S/C23H18FN3O3/c24-16-12-10-14(11-13-16)19-21(27(29)30)20(15-6-2-1-3-7-15)26-23(19)17-8-4-5-9-18(17)25-22(23)28/h1-13,19-21,26H,(H,25,28)/t19-,20-,21-,23+/m0/s1. The number of halogens is 1. The fourth-order valence-electron chi connectivity index (χ4n) is 4.90. The van der Waals surface area contributed by atoms with Crippen LogP contribution in [0.4, 0.5) is 10.1 Å². The zero-order chi connectivity index (χ0) is 20.9. The van der Waals surface area contributed by atoms with Crippen molar-refractivity contribution in [3.63, 3.8) is 0 Å². The van der Waals surface area contributed by atoms with E-state index < -0.39 is 29.4 Å². The molecule has 4 atom stereocenters. The molecule has 3 aromatic carbocycles. The molecule has 0 radical (unpaired) electrons. The van der Waals surface area contributed by atoms with Crippen molar-refractivity contribution in [3.8, 4) is 0 Å². The molecule has 0 bridgehead atoms. The summed E-state index contributed by atoms with van der Waals surface area (Å²) >= 11 is 0. The fourth-order valence-corrected chi connectivity index (χ4v) is 4.90. The van der Waals surface area contributed by atoms with Crippen LogP contribution in [-0.4, -0.2) is 16.9 Å². The molecule has 30 heavy (non-hydrogen) atoms. The summed E-state index contributed by atoms with van der Waals surface area (Å²) < 4.78 is 13.6. The van der Waals surface area contributed by atoms with Crippen molar-refractivity contribution >= 4 is 11.6 Å². The molecule has 2 N–H and O–H groups in total. The smallest absolute Gasteiger partial charge is 0.250 e. The van der Waals surface area contributed by atoms with E-state index in [4.69, 9.17) is 0 Å². The minimum Gasteiger partial charge on any atom is -0.324 e. The van der Waals surface area contributed by atoms with E-state index in [1.54, 1.807) is 24.3 Å². The van der Waals surface area contributed by atoms with Crippen molar-refractivity contribution < 1.29 is 14.1 Å². The molecule has 0 aromatic heterocycles. The van der Waals surface area contributed by atoms with E-state index in [1.165, 1.54) is 24.3 Å². The summed E-state index contributed by atoms with van der Waals surface area (Å²) in [5, 5.41) is 18.6. The molecule has 5 rings (SSSR count). The van der Waals surface area contributed by atoms with Gasteiger partial charge in [0.25, 0.3) is 0 Å². The van der Waals surface area contributed by atoms with Crippen molar-refractivity contribution in [3.05, 3.63) is 111 Å². The van der Waals surface area contributed by atoms with Crippen LogP contribution in [0.5, 0.6) is 0 Å². The maximum atomic E-state index is 13.6. The lowest BCUT2D eigenvalue weighted by atomic mass is 9.74. The Hall–Kier alpha value is -3.58.